The Balaban J connectivity index is 2.36. The number of hydrogen-bond donors (Lipinski definition) is 0. The highest BCUT2D eigenvalue weighted by Crippen LogP contribution is 2.38. The molecule has 1 aliphatic rings. The average molecular weight is 422 g/mol. The summed E-state index contributed by atoms with van der Waals surface area (Å²) in [5, 5.41) is 11.8. The fourth-order valence-electron chi connectivity index (χ4n) is 2.98. The molecule has 0 atom stereocenters. The van der Waals surface area contributed by atoms with E-state index >= 15 is 0 Å². The van der Waals surface area contributed by atoms with Crippen LogP contribution in [-0.4, -0.2) is 14.8 Å². The first-order chi connectivity index (χ1) is 9.97. The molecule has 1 saturated carbocycles. The minimum Gasteiger partial charge on any atom is -0.307 e. The van der Waals surface area contributed by atoms with Crippen LogP contribution in [0.1, 0.15) is 38.5 Å². The van der Waals surface area contributed by atoms with E-state index in [-0.39, 0.29) is 21.1 Å². The van der Waals surface area contributed by atoms with Crippen molar-refractivity contribution in [2.75, 3.05) is 5.33 Å². The van der Waals surface area contributed by atoms with E-state index in [4.69, 9.17) is 0 Å². The molecule has 0 N–H and O–H groups in total. The van der Waals surface area contributed by atoms with Crippen LogP contribution < -0.4 is 5.56 Å². The molecule has 0 unspecified atom stereocenters. The van der Waals surface area contributed by atoms with Crippen molar-refractivity contribution in [3.63, 3.8) is 0 Å². The number of pyridine rings is 1. The summed E-state index contributed by atoms with van der Waals surface area (Å²) >= 11 is 6.73. The third kappa shape index (κ3) is 3.94. The quantitative estimate of drug-likeness (QED) is 0.316. The van der Waals surface area contributed by atoms with Crippen LogP contribution in [0.4, 0.5) is 5.69 Å². The van der Waals surface area contributed by atoms with Gasteiger partial charge in [-0.2, -0.15) is 0 Å². The Hall–Kier alpha value is -0.690. The summed E-state index contributed by atoms with van der Waals surface area (Å²) in [5.74, 6) is 0. The van der Waals surface area contributed by atoms with Crippen LogP contribution in [0.25, 0.3) is 0 Å². The second-order valence-corrected chi connectivity index (χ2v) is 7.20. The summed E-state index contributed by atoms with van der Waals surface area (Å²) in [5.41, 5.74) is -0.250. The van der Waals surface area contributed by atoms with Gasteiger partial charge in [0, 0.05) is 17.9 Å². The van der Waals surface area contributed by atoms with E-state index in [9.17, 15) is 14.9 Å². The third-order valence-electron chi connectivity index (χ3n) is 4.19. The zero-order valence-corrected chi connectivity index (χ0v) is 14.9. The van der Waals surface area contributed by atoms with Crippen molar-refractivity contribution >= 4 is 37.5 Å². The molecular weight excluding hydrogens is 404 g/mol. The number of halogens is 2. The van der Waals surface area contributed by atoms with Crippen molar-refractivity contribution in [2.45, 2.75) is 45.1 Å². The topological polar surface area (TPSA) is 65.1 Å². The van der Waals surface area contributed by atoms with Gasteiger partial charge in [0.25, 0.3) is 11.2 Å². The first-order valence-corrected chi connectivity index (χ1v) is 8.99. The van der Waals surface area contributed by atoms with Crippen molar-refractivity contribution in [2.24, 2.45) is 5.41 Å². The van der Waals surface area contributed by atoms with Gasteiger partial charge in [0.2, 0.25) is 0 Å². The van der Waals surface area contributed by atoms with Gasteiger partial charge in [0.1, 0.15) is 0 Å². The van der Waals surface area contributed by atoms with Gasteiger partial charge in [-0.1, -0.05) is 41.6 Å². The predicted octanol–water partition coefficient (Wildman–Crippen LogP) is 4.25. The van der Waals surface area contributed by atoms with Crippen molar-refractivity contribution in [3.05, 3.63) is 37.2 Å². The van der Waals surface area contributed by atoms with Crippen LogP contribution >= 0.6 is 31.9 Å². The number of hydrogen-bond acceptors (Lipinski definition) is 3. The van der Waals surface area contributed by atoms with Crippen molar-refractivity contribution in [1.29, 1.82) is 0 Å². The predicted molar refractivity (Wildman–Crippen MR) is 89.0 cm³/mol. The van der Waals surface area contributed by atoms with Crippen LogP contribution in [0, 0.1) is 15.5 Å². The number of nitro groups is 1. The number of rotatable bonds is 4. The lowest BCUT2D eigenvalue weighted by Gasteiger charge is -2.31. The molecule has 5 nitrogen and oxygen atoms in total. The first kappa shape index (κ1) is 16.7. The van der Waals surface area contributed by atoms with Gasteiger partial charge >= 0.3 is 0 Å². The maximum atomic E-state index is 12.2. The summed E-state index contributed by atoms with van der Waals surface area (Å²) < 4.78 is 1.74. The average Bonchev–Trinajstić information content (AvgIpc) is 2.69. The fraction of sp³-hybridized carbons (Fsp3) is 0.643. The van der Waals surface area contributed by atoms with E-state index < -0.39 is 4.92 Å². The monoisotopic (exact) mass is 420 g/mol. The van der Waals surface area contributed by atoms with Crippen molar-refractivity contribution < 1.29 is 4.92 Å². The molecule has 0 spiro atoms. The Morgan fingerprint density at radius 3 is 2.43 bits per heavy atom. The van der Waals surface area contributed by atoms with E-state index in [0.717, 1.165) is 31.0 Å². The Kier molecular flexibility index (Phi) is 5.60. The van der Waals surface area contributed by atoms with Gasteiger partial charge in [0.15, 0.2) is 0 Å². The van der Waals surface area contributed by atoms with E-state index in [2.05, 4.69) is 31.9 Å². The molecule has 1 fully saturated rings. The van der Waals surface area contributed by atoms with Crippen LogP contribution in [-0.2, 0) is 6.54 Å². The normalized spacial score (nSPS) is 18.2. The molecule has 116 valence electrons. The van der Waals surface area contributed by atoms with Crippen molar-refractivity contribution in [3.8, 4) is 0 Å². The number of nitrogens with zero attached hydrogens (tertiary/aromatic N) is 2. The van der Waals surface area contributed by atoms with Gasteiger partial charge in [-0.05, 0) is 34.2 Å². The smallest absolute Gasteiger partial charge is 0.286 e. The molecule has 0 amide bonds. The molecule has 1 aliphatic carbocycles. The lowest BCUT2D eigenvalue weighted by Crippen LogP contribution is -2.33. The molecule has 0 saturated heterocycles. The second-order valence-electron chi connectivity index (χ2n) is 5.78. The molecule has 1 aromatic heterocycles. The van der Waals surface area contributed by atoms with E-state index in [1.807, 2.05) is 0 Å². The maximum absolute atomic E-state index is 12.2. The summed E-state index contributed by atoms with van der Waals surface area (Å²) in [6, 6.07) is 1.27. The SMILES string of the molecule is O=c1c(Br)cc([N+](=O)[O-])cn1CC1(CBr)CCCCCC1. The Morgan fingerprint density at radius 2 is 1.90 bits per heavy atom. The summed E-state index contributed by atoms with van der Waals surface area (Å²) in [6.45, 7) is 0.525. The Bertz CT molecular complexity index is 578. The minimum atomic E-state index is -0.464. The van der Waals surface area contributed by atoms with Crippen molar-refractivity contribution in [1.82, 2.24) is 4.57 Å². The number of aromatic nitrogens is 1. The maximum Gasteiger partial charge on any atom is 0.286 e. The highest BCUT2D eigenvalue weighted by Gasteiger charge is 2.31. The highest BCUT2D eigenvalue weighted by molar-refractivity contribution is 9.10. The Labute approximate surface area is 140 Å². The standard InChI is InChI=1S/C14H18Br2N2O3/c15-9-14(5-3-1-2-4-6-14)10-17-8-11(18(20)21)7-12(16)13(17)19/h7-8H,1-6,9-10H2. The minimum absolute atomic E-state index is 0.00892. The molecule has 0 bridgehead atoms. The van der Waals surface area contributed by atoms with Crippen LogP contribution in [0.15, 0.2) is 21.5 Å². The largest absolute Gasteiger partial charge is 0.307 e. The van der Waals surface area contributed by atoms with Gasteiger partial charge < -0.3 is 4.57 Å². The lowest BCUT2D eigenvalue weighted by molar-refractivity contribution is -0.385. The molecule has 0 aromatic carbocycles. The summed E-state index contributed by atoms with van der Waals surface area (Å²) in [6.07, 6.45) is 8.20. The summed E-state index contributed by atoms with van der Waals surface area (Å²) in [4.78, 5) is 22.7. The van der Waals surface area contributed by atoms with Gasteiger partial charge in [-0.25, -0.2) is 0 Å². The zero-order valence-electron chi connectivity index (χ0n) is 11.7. The lowest BCUT2D eigenvalue weighted by atomic mass is 9.82. The van der Waals surface area contributed by atoms with E-state index in [1.165, 1.54) is 29.7 Å². The first-order valence-electron chi connectivity index (χ1n) is 7.08. The third-order valence-corrected chi connectivity index (χ3v) is 5.95. The molecule has 2 rings (SSSR count). The Morgan fingerprint density at radius 1 is 1.29 bits per heavy atom. The molecule has 1 heterocycles. The molecule has 0 aliphatic heterocycles. The van der Waals surface area contributed by atoms with Crippen LogP contribution in [0.3, 0.4) is 0 Å². The molecule has 0 radical (unpaired) electrons. The van der Waals surface area contributed by atoms with Gasteiger partial charge in [-0.3, -0.25) is 14.9 Å². The molecule has 7 heteroatoms. The summed E-state index contributed by atoms with van der Waals surface area (Å²) in [7, 11) is 0. The van der Waals surface area contributed by atoms with Gasteiger partial charge in [-0.15, -0.1) is 0 Å². The molecule has 21 heavy (non-hydrogen) atoms. The van der Waals surface area contributed by atoms with E-state index in [1.54, 1.807) is 0 Å². The zero-order chi connectivity index (χ0) is 15.5. The van der Waals surface area contributed by atoms with Crippen LogP contribution in [0.5, 0.6) is 0 Å². The van der Waals surface area contributed by atoms with E-state index in [0.29, 0.717) is 6.54 Å². The van der Waals surface area contributed by atoms with Crippen LogP contribution in [0.2, 0.25) is 0 Å². The van der Waals surface area contributed by atoms with Gasteiger partial charge in [0.05, 0.1) is 15.6 Å². The fourth-order valence-corrected chi connectivity index (χ4v) is 4.18. The second kappa shape index (κ2) is 7.05. The number of alkyl halides is 1. The molecule has 1 aromatic rings. The molecular formula is C14H18Br2N2O3. The highest BCUT2D eigenvalue weighted by atomic mass is 79.9.